The van der Waals surface area contributed by atoms with E-state index in [1.165, 1.54) is 0 Å². The van der Waals surface area contributed by atoms with Gasteiger partial charge in [-0.3, -0.25) is 9.78 Å². The Kier molecular flexibility index (Phi) is 6.32. The van der Waals surface area contributed by atoms with Gasteiger partial charge in [0.05, 0.1) is 11.3 Å². The highest BCUT2D eigenvalue weighted by atomic mass is 16.5. The predicted molar refractivity (Wildman–Crippen MR) is 118 cm³/mol. The van der Waals surface area contributed by atoms with Gasteiger partial charge in [0.1, 0.15) is 11.5 Å². The highest BCUT2D eigenvalue weighted by Crippen LogP contribution is 2.31. The molecule has 0 aliphatic rings. The van der Waals surface area contributed by atoms with Crippen LogP contribution in [0.3, 0.4) is 0 Å². The second kappa shape index (κ2) is 8.91. The van der Waals surface area contributed by atoms with Gasteiger partial charge in [0.15, 0.2) is 0 Å². The summed E-state index contributed by atoms with van der Waals surface area (Å²) in [5.41, 5.74) is 4.12. The van der Waals surface area contributed by atoms with E-state index in [1.54, 1.807) is 0 Å². The number of nitrogens with one attached hydrogen (secondary N) is 1. The summed E-state index contributed by atoms with van der Waals surface area (Å²) in [6.45, 7) is 10.3. The standard InChI is InChI=1S/C25H28N2O2/c1-16(2)21-11-6-7-12-24(21)29-20-10-8-9-19(15-20)27-25(28)22-13-14-23(17(3)4)26-18(22)5/h6-17H,1-5H3,(H,27,28). The van der Waals surface area contributed by atoms with Crippen molar-refractivity contribution in [3.8, 4) is 11.5 Å². The zero-order valence-corrected chi connectivity index (χ0v) is 17.7. The lowest BCUT2D eigenvalue weighted by Gasteiger charge is -2.14. The van der Waals surface area contributed by atoms with Gasteiger partial charge in [-0.25, -0.2) is 0 Å². The molecule has 0 aliphatic carbocycles. The molecule has 1 amide bonds. The number of aromatic nitrogens is 1. The van der Waals surface area contributed by atoms with Crippen LogP contribution in [-0.4, -0.2) is 10.9 Å². The molecule has 0 atom stereocenters. The summed E-state index contributed by atoms with van der Waals surface area (Å²) in [6, 6.07) is 19.2. The minimum absolute atomic E-state index is 0.176. The third-order valence-electron chi connectivity index (χ3n) is 4.80. The Bertz CT molecular complexity index is 1010. The molecule has 1 N–H and O–H groups in total. The molecule has 2 aromatic carbocycles. The smallest absolute Gasteiger partial charge is 0.257 e. The first-order valence-corrected chi connectivity index (χ1v) is 10.0. The largest absolute Gasteiger partial charge is 0.457 e. The Morgan fingerprint density at radius 3 is 2.38 bits per heavy atom. The van der Waals surface area contributed by atoms with E-state index < -0.39 is 0 Å². The number of carbonyl (C=O) groups excluding carboxylic acids is 1. The van der Waals surface area contributed by atoms with Crippen molar-refractivity contribution in [1.82, 2.24) is 4.98 Å². The van der Waals surface area contributed by atoms with Gasteiger partial charge in [-0.15, -0.1) is 0 Å². The minimum Gasteiger partial charge on any atom is -0.457 e. The molecular weight excluding hydrogens is 360 g/mol. The number of hydrogen-bond donors (Lipinski definition) is 1. The lowest BCUT2D eigenvalue weighted by molar-refractivity contribution is 0.102. The van der Waals surface area contributed by atoms with E-state index in [0.29, 0.717) is 28.8 Å². The normalized spacial score (nSPS) is 11.0. The maximum atomic E-state index is 12.7. The van der Waals surface area contributed by atoms with Crippen molar-refractivity contribution in [2.75, 3.05) is 5.32 Å². The summed E-state index contributed by atoms with van der Waals surface area (Å²) < 4.78 is 6.10. The topological polar surface area (TPSA) is 51.2 Å². The number of pyridine rings is 1. The molecule has 0 radical (unpaired) electrons. The van der Waals surface area contributed by atoms with Crippen LogP contribution in [0.15, 0.2) is 60.7 Å². The van der Waals surface area contributed by atoms with Crippen LogP contribution in [0.25, 0.3) is 0 Å². The maximum absolute atomic E-state index is 12.7. The average molecular weight is 389 g/mol. The highest BCUT2D eigenvalue weighted by Gasteiger charge is 2.13. The first-order valence-electron chi connectivity index (χ1n) is 10.0. The van der Waals surface area contributed by atoms with E-state index in [0.717, 1.165) is 22.7 Å². The van der Waals surface area contributed by atoms with E-state index >= 15 is 0 Å². The Balaban J connectivity index is 1.78. The Morgan fingerprint density at radius 1 is 0.931 bits per heavy atom. The maximum Gasteiger partial charge on any atom is 0.257 e. The van der Waals surface area contributed by atoms with Crippen molar-refractivity contribution < 1.29 is 9.53 Å². The van der Waals surface area contributed by atoms with Gasteiger partial charge in [-0.2, -0.15) is 0 Å². The summed E-state index contributed by atoms with van der Waals surface area (Å²) in [5.74, 6) is 2.02. The summed E-state index contributed by atoms with van der Waals surface area (Å²) >= 11 is 0. The van der Waals surface area contributed by atoms with Gasteiger partial charge in [0.2, 0.25) is 0 Å². The van der Waals surface area contributed by atoms with Crippen LogP contribution in [-0.2, 0) is 0 Å². The lowest BCUT2D eigenvalue weighted by atomic mass is 10.0. The van der Waals surface area contributed by atoms with Crippen LogP contribution >= 0.6 is 0 Å². The number of rotatable bonds is 6. The van der Waals surface area contributed by atoms with Gasteiger partial charge in [0.25, 0.3) is 5.91 Å². The second-order valence-corrected chi connectivity index (χ2v) is 7.80. The molecule has 29 heavy (non-hydrogen) atoms. The zero-order valence-electron chi connectivity index (χ0n) is 17.7. The van der Waals surface area contributed by atoms with E-state index in [1.807, 2.05) is 61.5 Å². The molecule has 0 saturated carbocycles. The average Bonchev–Trinajstić information content (AvgIpc) is 2.68. The number of hydrogen-bond acceptors (Lipinski definition) is 3. The van der Waals surface area contributed by atoms with E-state index in [4.69, 9.17) is 4.74 Å². The summed E-state index contributed by atoms with van der Waals surface area (Å²) in [4.78, 5) is 17.3. The fourth-order valence-electron chi connectivity index (χ4n) is 3.16. The van der Waals surface area contributed by atoms with Crippen LogP contribution < -0.4 is 10.1 Å². The minimum atomic E-state index is -0.176. The number of anilines is 1. The molecule has 0 saturated heterocycles. The second-order valence-electron chi connectivity index (χ2n) is 7.80. The molecule has 0 unspecified atom stereocenters. The number of carbonyl (C=O) groups is 1. The first-order chi connectivity index (χ1) is 13.8. The van der Waals surface area contributed by atoms with Gasteiger partial charge >= 0.3 is 0 Å². The molecule has 1 aromatic heterocycles. The van der Waals surface area contributed by atoms with E-state index in [2.05, 4.69) is 44.1 Å². The molecule has 3 rings (SSSR count). The molecule has 4 nitrogen and oxygen atoms in total. The SMILES string of the molecule is Cc1nc(C(C)C)ccc1C(=O)Nc1cccc(Oc2ccccc2C(C)C)c1. The lowest BCUT2D eigenvalue weighted by Crippen LogP contribution is -2.14. The Hall–Kier alpha value is -3.14. The fourth-order valence-corrected chi connectivity index (χ4v) is 3.16. The number of para-hydroxylation sites is 1. The molecular formula is C25H28N2O2. The molecule has 1 heterocycles. The van der Waals surface area contributed by atoms with Gasteiger partial charge in [-0.1, -0.05) is 52.0 Å². The Labute approximate surface area is 173 Å². The molecule has 0 bridgehead atoms. The van der Waals surface area contributed by atoms with Crippen molar-refractivity contribution in [1.29, 1.82) is 0 Å². The third-order valence-corrected chi connectivity index (χ3v) is 4.80. The van der Waals surface area contributed by atoms with Crippen LogP contribution in [0.5, 0.6) is 11.5 Å². The van der Waals surface area contributed by atoms with Gasteiger partial charge in [0, 0.05) is 17.4 Å². The molecule has 4 heteroatoms. The van der Waals surface area contributed by atoms with Crippen molar-refractivity contribution in [3.63, 3.8) is 0 Å². The number of nitrogens with zero attached hydrogens (tertiary/aromatic N) is 1. The molecule has 0 spiro atoms. The van der Waals surface area contributed by atoms with Crippen LogP contribution in [0, 0.1) is 6.92 Å². The summed E-state index contributed by atoms with van der Waals surface area (Å²) in [6.07, 6.45) is 0. The zero-order chi connectivity index (χ0) is 21.0. The number of amides is 1. The summed E-state index contributed by atoms with van der Waals surface area (Å²) in [7, 11) is 0. The van der Waals surface area contributed by atoms with Crippen LogP contribution in [0.1, 0.15) is 66.8 Å². The quantitative estimate of drug-likeness (QED) is 0.512. The fraction of sp³-hybridized carbons (Fsp3) is 0.280. The predicted octanol–water partition coefficient (Wildman–Crippen LogP) is 6.68. The van der Waals surface area contributed by atoms with Crippen LogP contribution in [0.4, 0.5) is 5.69 Å². The van der Waals surface area contributed by atoms with Crippen molar-refractivity contribution in [3.05, 3.63) is 83.2 Å². The number of ether oxygens (including phenoxy) is 1. The van der Waals surface area contributed by atoms with Crippen LogP contribution in [0.2, 0.25) is 0 Å². The summed E-state index contributed by atoms with van der Waals surface area (Å²) in [5, 5.41) is 2.95. The van der Waals surface area contributed by atoms with Crippen molar-refractivity contribution in [2.45, 2.75) is 46.5 Å². The van der Waals surface area contributed by atoms with E-state index in [9.17, 15) is 4.79 Å². The highest BCUT2D eigenvalue weighted by molar-refractivity contribution is 6.05. The molecule has 0 fully saturated rings. The Morgan fingerprint density at radius 2 is 1.69 bits per heavy atom. The molecule has 3 aromatic rings. The van der Waals surface area contributed by atoms with Gasteiger partial charge < -0.3 is 10.1 Å². The molecule has 150 valence electrons. The first kappa shape index (κ1) is 20.6. The van der Waals surface area contributed by atoms with E-state index in [-0.39, 0.29) is 5.91 Å². The monoisotopic (exact) mass is 388 g/mol. The van der Waals surface area contributed by atoms with Gasteiger partial charge in [-0.05, 0) is 54.7 Å². The third kappa shape index (κ3) is 5.02. The number of benzene rings is 2. The van der Waals surface area contributed by atoms with Crippen molar-refractivity contribution in [2.24, 2.45) is 0 Å². The molecule has 0 aliphatic heterocycles. The number of aryl methyl sites for hydroxylation is 1. The van der Waals surface area contributed by atoms with Crippen molar-refractivity contribution >= 4 is 11.6 Å².